The van der Waals surface area contributed by atoms with Crippen LogP contribution in [0.15, 0.2) is 24.3 Å². The van der Waals surface area contributed by atoms with Crippen molar-refractivity contribution in [2.45, 2.75) is 0 Å². The molecule has 0 spiro atoms. The number of ether oxygens (including phenoxy) is 1. The van der Waals surface area contributed by atoms with Crippen LogP contribution in [0.25, 0.3) is 6.08 Å². The molecule has 1 aromatic rings. The Morgan fingerprint density at radius 1 is 1.47 bits per heavy atom. The van der Waals surface area contributed by atoms with Crippen LogP contribution in [0.5, 0.6) is 11.5 Å². The summed E-state index contributed by atoms with van der Waals surface area (Å²) < 4.78 is 5.12. The Hall–Kier alpha value is -1.92. The van der Waals surface area contributed by atoms with E-state index in [9.17, 15) is 5.11 Å². The topological polar surface area (TPSA) is 49.7 Å². The molecular formula is C12H12O3. The normalized spacial score (nSPS) is 10.1. The number of phenolic OH excluding ortho intramolecular Hbond substituents is 1. The van der Waals surface area contributed by atoms with Gasteiger partial charge in [-0.15, -0.1) is 6.42 Å². The summed E-state index contributed by atoms with van der Waals surface area (Å²) in [6, 6.07) is 4.88. The Labute approximate surface area is 88.6 Å². The number of aliphatic hydroxyl groups excluding tert-OH is 1. The van der Waals surface area contributed by atoms with E-state index in [1.54, 1.807) is 24.3 Å². The van der Waals surface area contributed by atoms with E-state index in [4.69, 9.17) is 16.3 Å². The summed E-state index contributed by atoms with van der Waals surface area (Å²) in [4.78, 5) is 0. The smallest absolute Gasteiger partial charge is 0.162 e. The van der Waals surface area contributed by atoms with E-state index in [2.05, 4.69) is 5.92 Å². The molecule has 0 fully saturated rings. The number of aromatic hydroxyl groups is 1. The molecule has 0 saturated carbocycles. The molecule has 0 heterocycles. The second-order valence-electron chi connectivity index (χ2n) is 2.80. The van der Waals surface area contributed by atoms with Gasteiger partial charge in [0.25, 0.3) is 0 Å². The standard InChI is InChI=1S/C12H12O3/c1-2-8-15-12-9-10(4-3-7-13)5-6-11(12)14/h1,3-6,9,13-14H,7-8H2/b4-3+. The molecular weight excluding hydrogens is 192 g/mol. The molecule has 0 bridgehead atoms. The van der Waals surface area contributed by atoms with Crippen molar-refractivity contribution in [3.05, 3.63) is 29.8 Å². The fraction of sp³-hybridized carbons (Fsp3) is 0.167. The van der Waals surface area contributed by atoms with E-state index in [-0.39, 0.29) is 19.0 Å². The van der Waals surface area contributed by atoms with E-state index in [1.165, 1.54) is 6.07 Å². The third-order valence-corrected chi connectivity index (χ3v) is 1.71. The summed E-state index contributed by atoms with van der Waals surface area (Å²) >= 11 is 0. The number of hydrogen-bond acceptors (Lipinski definition) is 3. The Morgan fingerprint density at radius 2 is 2.27 bits per heavy atom. The first-order chi connectivity index (χ1) is 7.27. The molecule has 3 nitrogen and oxygen atoms in total. The predicted molar refractivity (Wildman–Crippen MR) is 58.6 cm³/mol. The van der Waals surface area contributed by atoms with Crippen molar-refractivity contribution in [1.29, 1.82) is 0 Å². The van der Waals surface area contributed by atoms with Gasteiger partial charge < -0.3 is 14.9 Å². The van der Waals surface area contributed by atoms with E-state index in [0.29, 0.717) is 5.75 Å². The van der Waals surface area contributed by atoms with Gasteiger partial charge in [-0.05, 0) is 17.7 Å². The molecule has 0 aliphatic rings. The minimum absolute atomic E-state index is 0.0264. The molecule has 1 rings (SSSR count). The van der Waals surface area contributed by atoms with Gasteiger partial charge in [0.05, 0.1) is 6.61 Å². The maximum absolute atomic E-state index is 9.42. The average Bonchev–Trinajstić information content (AvgIpc) is 2.26. The number of terminal acetylenes is 1. The fourth-order valence-corrected chi connectivity index (χ4v) is 1.06. The molecule has 0 aliphatic carbocycles. The fourth-order valence-electron chi connectivity index (χ4n) is 1.06. The molecule has 2 N–H and O–H groups in total. The van der Waals surface area contributed by atoms with Gasteiger partial charge in [-0.1, -0.05) is 24.1 Å². The Bertz CT molecular complexity index is 388. The van der Waals surface area contributed by atoms with Crippen LogP contribution in [-0.4, -0.2) is 23.4 Å². The van der Waals surface area contributed by atoms with Gasteiger partial charge >= 0.3 is 0 Å². The van der Waals surface area contributed by atoms with Crippen LogP contribution in [-0.2, 0) is 0 Å². The lowest BCUT2D eigenvalue weighted by Gasteiger charge is -2.05. The highest BCUT2D eigenvalue weighted by molar-refractivity contribution is 5.55. The highest BCUT2D eigenvalue weighted by atomic mass is 16.5. The quantitative estimate of drug-likeness (QED) is 0.729. The van der Waals surface area contributed by atoms with Gasteiger partial charge in [0.15, 0.2) is 11.5 Å². The minimum atomic E-state index is -0.0264. The minimum Gasteiger partial charge on any atom is -0.504 e. The van der Waals surface area contributed by atoms with E-state index in [1.807, 2.05) is 0 Å². The van der Waals surface area contributed by atoms with Gasteiger partial charge in [0.1, 0.15) is 6.61 Å². The SMILES string of the molecule is C#CCOc1cc(/C=C/CO)ccc1O. The molecule has 0 aliphatic heterocycles. The van der Waals surface area contributed by atoms with Gasteiger partial charge in [0.2, 0.25) is 0 Å². The lowest BCUT2D eigenvalue weighted by Crippen LogP contribution is -1.93. The number of rotatable bonds is 4. The number of hydrogen-bond donors (Lipinski definition) is 2. The molecule has 3 heteroatoms. The Morgan fingerprint density at radius 3 is 2.93 bits per heavy atom. The lowest BCUT2D eigenvalue weighted by atomic mass is 10.2. The molecule has 0 saturated heterocycles. The third kappa shape index (κ3) is 3.37. The van der Waals surface area contributed by atoms with E-state index < -0.39 is 0 Å². The van der Waals surface area contributed by atoms with Crippen LogP contribution in [0, 0.1) is 12.3 Å². The molecule has 1 aromatic carbocycles. The van der Waals surface area contributed by atoms with Gasteiger partial charge in [-0.25, -0.2) is 0 Å². The molecule has 0 amide bonds. The zero-order valence-electron chi connectivity index (χ0n) is 8.18. The summed E-state index contributed by atoms with van der Waals surface area (Å²) in [7, 11) is 0. The van der Waals surface area contributed by atoms with Crippen LogP contribution < -0.4 is 4.74 Å². The van der Waals surface area contributed by atoms with Gasteiger partial charge in [0, 0.05) is 0 Å². The summed E-state index contributed by atoms with van der Waals surface area (Å²) in [6.07, 6.45) is 8.36. The first kappa shape index (κ1) is 11.2. The van der Waals surface area contributed by atoms with Crippen LogP contribution in [0.1, 0.15) is 5.56 Å². The summed E-state index contributed by atoms with van der Waals surface area (Å²) in [5.41, 5.74) is 0.828. The zero-order chi connectivity index (χ0) is 11.1. The Balaban J connectivity index is 2.85. The molecule has 78 valence electrons. The summed E-state index contributed by atoms with van der Waals surface area (Å²) in [6.45, 7) is 0.0855. The monoisotopic (exact) mass is 204 g/mol. The van der Waals surface area contributed by atoms with E-state index in [0.717, 1.165) is 5.56 Å². The largest absolute Gasteiger partial charge is 0.504 e. The second kappa shape index (κ2) is 5.74. The van der Waals surface area contributed by atoms with E-state index >= 15 is 0 Å². The average molecular weight is 204 g/mol. The van der Waals surface area contributed by atoms with Crippen molar-refractivity contribution in [3.8, 4) is 23.8 Å². The van der Waals surface area contributed by atoms with Gasteiger partial charge in [-0.2, -0.15) is 0 Å². The zero-order valence-corrected chi connectivity index (χ0v) is 8.18. The molecule has 0 aromatic heterocycles. The highest BCUT2D eigenvalue weighted by Gasteiger charge is 2.01. The maximum atomic E-state index is 9.42. The maximum Gasteiger partial charge on any atom is 0.162 e. The molecule has 0 radical (unpaired) electrons. The Kier molecular flexibility index (Phi) is 4.27. The van der Waals surface area contributed by atoms with Crippen molar-refractivity contribution in [2.24, 2.45) is 0 Å². The molecule has 15 heavy (non-hydrogen) atoms. The first-order valence-corrected chi connectivity index (χ1v) is 4.44. The summed E-state index contributed by atoms with van der Waals surface area (Å²) in [5, 5.41) is 18.0. The van der Waals surface area contributed by atoms with Crippen LogP contribution >= 0.6 is 0 Å². The van der Waals surface area contributed by atoms with Crippen LogP contribution in [0.2, 0.25) is 0 Å². The van der Waals surface area contributed by atoms with Gasteiger partial charge in [-0.3, -0.25) is 0 Å². The number of benzene rings is 1. The third-order valence-electron chi connectivity index (χ3n) is 1.71. The lowest BCUT2D eigenvalue weighted by molar-refractivity contribution is 0.341. The van der Waals surface area contributed by atoms with Crippen molar-refractivity contribution in [1.82, 2.24) is 0 Å². The number of aliphatic hydroxyl groups is 1. The first-order valence-electron chi connectivity index (χ1n) is 4.44. The molecule has 0 unspecified atom stereocenters. The second-order valence-corrected chi connectivity index (χ2v) is 2.80. The summed E-state index contributed by atoms with van der Waals surface area (Å²) in [5.74, 6) is 2.70. The molecule has 0 atom stereocenters. The van der Waals surface area contributed by atoms with Crippen molar-refractivity contribution in [3.63, 3.8) is 0 Å². The number of phenols is 1. The van der Waals surface area contributed by atoms with Crippen molar-refractivity contribution in [2.75, 3.05) is 13.2 Å². The predicted octanol–water partition coefficient (Wildman–Crippen LogP) is 1.41. The van der Waals surface area contributed by atoms with Crippen LogP contribution in [0.4, 0.5) is 0 Å². The highest BCUT2D eigenvalue weighted by Crippen LogP contribution is 2.27. The van der Waals surface area contributed by atoms with Crippen LogP contribution in [0.3, 0.4) is 0 Å². The van der Waals surface area contributed by atoms with Crippen molar-refractivity contribution < 1.29 is 14.9 Å². The van der Waals surface area contributed by atoms with Crippen molar-refractivity contribution >= 4 is 6.08 Å².